The average Bonchev–Trinajstić information content (AvgIpc) is 3.08. The first-order valence-electron chi connectivity index (χ1n) is 7.72. The van der Waals surface area contributed by atoms with Crippen LogP contribution in [0.15, 0.2) is 29.2 Å². The van der Waals surface area contributed by atoms with Crippen molar-refractivity contribution >= 4 is 10.0 Å². The summed E-state index contributed by atoms with van der Waals surface area (Å²) in [6.07, 6.45) is -3.22. The molecule has 5 nitrogen and oxygen atoms in total. The van der Waals surface area contributed by atoms with Crippen LogP contribution in [0.2, 0.25) is 0 Å². The molecule has 2 aliphatic heterocycles. The summed E-state index contributed by atoms with van der Waals surface area (Å²) in [6.45, 7) is 1.02. The van der Waals surface area contributed by atoms with E-state index in [1.165, 1.54) is 10.4 Å². The molecule has 3 rings (SSSR count). The van der Waals surface area contributed by atoms with Crippen molar-refractivity contribution in [2.75, 3.05) is 19.8 Å². The van der Waals surface area contributed by atoms with Gasteiger partial charge in [-0.3, -0.25) is 0 Å². The molecule has 0 aliphatic carbocycles. The number of piperidine rings is 1. The SMILES string of the molecule is O=S(=O)(c1cccc(C(F)(F)F)c1)N1CCCC[C@@H]1C1OCCO1. The molecule has 0 radical (unpaired) electrons. The standard InChI is InChI=1S/C15H18F3NO4S/c16-15(17,18)11-4-3-5-12(10-11)24(20,21)19-7-2-1-6-13(19)14-22-8-9-23-14/h3-5,10,13-14H,1-2,6-9H2/t13-/m1/s1. The van der Waals surface area contributed by atoms with Gasteiger partial charge in [-0.1, -0.05) is 12.5 Å². The second-order valence-corrected chi connectivity index (χ2v) is 7.71. The highest BCUT2D eigenvalue weighted by molar-refractivity contribution is 7.89. The lowest BCUT2D eigenvalue weighted by Crippen LogP contribution is -2.50. The molecule has 1 aromatic carbocycles. The molecule has 9 heteroatoms. The molecule has 0 N–H and O–H groups in total. The van der Waals surface area contributed by atoms with E-state index < -0.39 is 34.1 Å². The highest BCUT2D eigenvalue weighted by Gasteiger charge is 2.41. The normalized spacial score (nSPS) is 24.4. The Hall–Kier alpha value is -1.16. The van der Waals surface area contributed by atoms with Gasteiger partial charge < -0.3 is 9.47 Å². The molecule has 0 saturated carbocycles. The average molecular weight is 365 g/mol. The lowest BCUT2D eigenvalue weighted by Gasteiger charge is -2.36. The highest BCUT2D eigenvalue weighted by atomic mass is 32.2. The monoisotopic (exact) mass is 365 g/mol. The van der Waals surface area contributed by atoms with Crippen LogP contribution in [0, 0.1) is 0 Å². The van der Waals surface area contributed by atoms with Crippen LogP contribution < -0.4 is 0 Å². The smallest absolute Gasteiger partial charge is 0.349 e. The fourth-order valence-corrected chi connectivity index (χ4v) is 4.80. The Kier molecular flexibility index (Phi) is 4.87. The minimum atomic E-state index is -4.59. The summed E-state index contributed by atoms with van der Waals surface area (Å²) in [7, 11) is -4.06. The lowest BCUT2D eigenvalue weighted by atomic mass is 10.0. The number of rotatable bonds is 3. The molecule has 2 heterocycles. The number of ether oxygens (including phenoxy) is 2. The summed E-state index contributed by atoms with van der Waals surface area (Å²) in [6, 6.07) is 3.32. The molecule has 1 aromatic rings. The quantitative estimate of drug-likeness (QED) is 0.826. The molecule has 0 bridgehead atoms. The van der Waals surface area contributed by atoms with E-state index in [1.54, 1.807) is 0 Å². The van der Waals surface area contributed by atoms with Crippen molar-refractivity contribution in [1.82, 2.24) is 4.31 Å². The molecule has 0 spiro atoms. The van der Waals surface area contributed by atoms with Crippen LogP contribution in [0.3, 0.4) is 0 Å². The van der Waals surface area contributed by atoms with Crippen LogP contribution in [-0.2, 0) is 25.7 Å². The van der Waals surface area contributed by atoms with Crippen LogP contribution in [0.25, 0.3) is 0 Å². The van der Waals surface area contributed by atoms with Gasteiger partial charge in [0.25, 0.3) is 0 Å². The Bertz CT molecular complexity index is 686. The van der Waals surface area contributed by atoms with Crippen LogP contribution in [0.5, 0.6) is 0 Å². The van der Waals surface area contributed by atoms with Crippen LogP contribution in [-0.4, -0.2) is 44.8 Å². The van der Waals surface area contributed by atoms with Crippen molar-refractivity contribution in [1.29, 1.82) is 0 Å². The first kappa shape index (κ1) is 17.7. The summed E-state index contributed by atoms with van der Waals surface area (Å²) in [5.74, 6) is 0. The van der Waals surface area contributed by atoms with E-state index in [-0.39, 0.29) is 11.4 Å². The van der Waals surface area contributed by atoms with Gasteiger partial charge in [-0.15, -0.1) is 0 Å². The molecule has 0 unspecified atom stereocenters. The van der Waals surface area contributed by atoms with Crippen molar-refractivity contribution in [3.8, 4) is 0 Å². The number of sulfonamides is 1. The van der Waals surface area contributed by atoms with Gasteiger partial charge in [-0.2, -0.15) is 17.5 Å². The third-order valence-electron chi connectivity index (χ3n) is 4.23. The molecule has 0 amide bonds. The van der Waals surface area contributed by atoms with Gasteiger partial charge in [0.1, 0.15) is 0 Å². The Labute approximate surface area is 138 Å². The van der Waals surface area contributed by atoms with Gasteiger partial charge in [0.2, 0.25) is 10.0 Å². The van der Waals surface area contributed by atoms with Gasteiger partial charge >= 0.3 is 6.18 Å². The summed E-state index contributed by atoms with van der Waals surface area (Å²) < 4.78 is 76.4. The molecular formula is C15H18F3NO4S. The molecule has 1 atom stereocenters. The molecule has 24 heavy (non-hydrogen) atoms. The van der Waals surface area contributed by atoms with E-state index in [0.29, 0.717) is 32.1 Å². The lowest BCUT2D eigenvalue weighted by molar-refractivity contribution is -0.137. The highest BCUT2D eigenvalue weighted by Crippen LogP contribution is 2.33. The summed E-state index contributed by atoms with van der Waals surface area (Å²) >= 11 is 0. The Morgan fingerprint density at radius 1 is 1.12 bits per heavy atom. The zero-order valence-electron chi connectivity index (χ0n) is 12.8. The second-order valence-electron chi connectivity index (χ2n) is 5.81. The van der Waals surface area contributed by atoms with E-state index in [2.05, 4.69) is 0 Å². The second kappa shape index (κ2) is 6.62. The van der Waals surface area contributed by atoms with E-state index in [9.17, 15) is 21.6 Å². The Morgan fingerprint density at radius 2 is 1.83 bits per heavy atom. The van der Waals surface area contributed by atoms with Gasteiger partial charge in [0, 0.05) is 6.54 Å². The first-order chi connectivity index (χ1) is 11.3. The number of nitrogens with zero attached hydrogens (tertiary/aromatic N) is 1. The number of hydrogen-bond donors (Lipinski definition) is 0. The zero-order chi connectivity index (χ0) is 17.4. The predicted octanol–water partition coefficient (Wildman–Crippen LogP) is 2.62. The van der Waals surface area contributed by atoms with E-state index in [4.69, 9.17) is 9.47 Å². The molecule has 2 fully saturated rings. The van der Waals surface area contributed by atoms with E-state index >= 15 is 0 Å². The number of alkyl halides is 3. The molecule has 2 saturated heterocycles. The van der Waals surface area contributed by atoms with Crippen molar-refractivity contribution in [2.24, 2.45) is 0 Å². The summed E-state index contributed by atoms with van der Waals surface area (Å²) in [5, 5.41) is 0. The van der Waals surface area contributed by atoms with Crippen LogP contribution in [0.1, 0.15) is 24.8 Å². The predicted molar refractivity (Wildman–Crippen MR) is 78.7 cm³/mol. The maximum Gasteiger partial charge on any atom is 0.416 e. The van der Waals surface area contributed by atoms with Gasteiger partial charge in [0.05, 0.1) is 29.7 Å². The van der Waals surface area contributed by atoms with E-state index in [0.717, 1.165) is 18.6 Å². The van der Waals surface area contributed by atoms with Crippen LogP contribution in [0.4, 0.5) is 13.2 Å². The van der Waals surface area contributed by atoms with Crippen LogP contribution >= 0.6 is 0 Å². The number of hydrogen-bond acceptors (Lipinski definition) is 4. The Balaban J connectivity index is 1.93. The zero-order valence-corrected chi connectivity index (χ0v) is 13.6. The molecule has 134 valence electrons. The topological polar surface area (TPSA) is 55.8 Å². The number of halogens is 3. The minimum absolute atomic E-state index is 0.243. The van der Waals surface area contributed by atoms with Crippen molar-refractivity contribution < 1.29 is 31.1 Å². The molecular weight excluding hydrogens is 347 g/mol. The minimum Gasteiger partial charge on any atom is -0.349 e. The van der Waals surface area contributed by atoms with Crippen molar-refractivity contribution in [3.05, 3.63) is 29.8 Å². The molecule has 2 aliphatic rings. The van der Waals surface area contributed by atoms with Gasteiger partial charge in [0.15, 0.2) is 6.29 Å². The fourth-order valence-electron chi connectivity index (χ4n) is 3.07. The third-order valence-corrected chi connectivity index (χ3v) is 6.15. The first-order valence-corrected chi connectivity index (χ1v) is 9.16. The van der Waals surface area contributed by atoms with Crippen molar-refractivity contribution in [2.45, 2.75) is 42.7 Å². The molecule has 0 aromatic heterocycles. The largest absolute Gasteiger partial charge is 0.416 e. The maximum atomic E-state index is 12.9. The van der Waals surface area contributed by atoms with E-state index in [1.807, 2.05) is 0 Å². The van der Waals surface area contributed by atoms with Gasteiger partial charge in [-0.25, -0.2) is 8.42 Å². The maximum absolute atomic E-state index is 12.9. The third kappa shape index (κ3) is 3.44. The fraction of sp³-hybridized carbons (Fsp3) is 0.600. The van der Waals surface area contributed by atoms with Crippen molar-refractivity contribution in [3.63, 3.8) is 0 Å². The number of benzene rings is 1. The summed E-state index contributed by atoms with van der Waals surface area (Å²) in [4.78, 5) is -0.359. The summed E-state index contributed by atoms with van der Waals surface area (Å²) in [5.41, 5.74) is -0.981. The van der Waals surface area contributed by atoms with Gasteiger partial charge in [-0.05, 0) is 31.0 Å². The Morgan fingerprint density at radius 3 is 2.50 bits per heavy atom.